The Morgan fingerprint density at radius 2 is 1.25 bits per heavy atom. The Balaban J connectivity index is 0.000000208. The lowest BCUT2D eigenvalue weighted by atomic mass is 9.92. The van der Waals surface area contributed by atoms with Crippen LogP contribution >= 0.6 is 24.0 Å². The molecule has 0 bridgehead atoms. The number of H-pyrrole nitrogens is 1. The average molecular weight is 960 g/mol. The molecular formula is C53H60Cl2N8O5. The first kappa shape index (κ1) is 52.2. The van der Waals surface area contributed by atoms with E-state index in [1.807, 2.05) is 113 Å². The second-order valence-electron chi connectivity index (χ2n) is 16.3. The van der Waals surface area contributed by atoms with Crippen LogP contribution < -0.4 is 10.9 Å². The third-order valence-electron chi connectivity index (χ3n) is 11.9. The first-order chi connectivity index (χ1) is 31.4. The third-order valence-corrected chi connectivity index (χ3v) is 12.3. The first-order valence-electron chi connectivity index (χ1n) is 21.6. The highest BCUT2D eigenvalue weighted by atomic mass is 35.5. The molecule has 0 fully saturated rings. The van der Waals surface area contributed by atoms with Crippen molar-refractivity contribution in [3.8, 4) is 0 Å². The topological polar surface area (TPSA) is 148 Å². The van der Waals surface area contributed by atoms with Crippen molar-refractivity contribution in [2.45, 2.75) is 101 Å². The van der Waals surface area contributed by atoms with Crippen LogP contribution in [0.4, 0.5) is 4.79 Å². The number of nitrogens with zero attached hydrogens (tertiary/aromatic N) is 6. The maximum atomic E-state index is 13.2. The number of esters is 1. The molecule has 2 aliphatic heterocycles. The zero-order valence-electron chi connectivity index (χ0n) is 37.5. The minimum absolute atomic E-state index is 0. The maximum Gasteiger partial charge on any atom is 0.410 e. The number of ether oxygens (including phenoxy) is 2. The number of aromatic amines is 1. The molecule has 0 unspecified atom stereocenters. The van der Waals surface area contributed by atoms with E-state index < -0.39 is 0 Å². The predicted molar refractivity (Wildman–Crippen MR) is 270 cm³/mol. The van der Waals surface area contributed by atoms with Gasteiger partial charge in [-0.25, -0.2) is 23.8 Å². The summed E-state index contributed by atoms with van der Waals surface area (Å²) in [6.07, 6.45) is 1.20. The molecule has 10 rings (SSSR count). The maximum absolute atomic E-state index is 13.2. The van der Waals surface area contributed by atoms with Gasteiger partial charge in [-0.05, 0) is 73.9 Å². The van der Waals surface area contributed by atoms with Gasteiger partial charge in [-0.15, -0.1) is 12.4 Å². The van der Waals surface area contributed by atoms with Gasteiger partial charge in [0, 0.05) is 54.7 Å². The van der Waals surface area contributed by atoms with E-state index in [2.05, 4.69) is 56.8 Å². The van der Waals surface area contributed by atoms with Gasteiger partial charge in [0.05, 0.1) is 23.5 Å². The Hall–Kier alpha value is -6.80. The molecule has 8 aromatic rings. The molecular weight excluding hydrogens is 900 g/mol. The van der Waals surface area contributed by atoms with Crippen LogP contribution in [0, 0.1) is 27.7 Å². The molecule has 6 heterocycles. The summed E-state index contributed by atoms with van der Waals surface area (Å²) in [6, 6.07) is 39.7. The zero-order chi connectivity index (χ0) is 45.6. The van der Waals surface area contributed by atoms with Crippen LogP contribution in [-0.4, -0.2) is 46.2 Å². The molecule has 0 aliphatic carbocycles. The second-order valence-corrected chi connectivity index (χ2v) is 16.7. The molecule has 0 saturated heterocycles. The number of rotatable bonds is 6. The number of nitrogens with one attached hydrogen (secondary N) is 2. The van der Waals surface area contributed by atoms with E-state index in [0.29, 0.717) is 41.6 Å². The molecule has 4 aromatic carbocycles. The molecule has 0 radical (unpaired) electrons. The molecule has 1 amide bonds. The van der Waals surface area contributed by atoms with Crippen molar-refractivity contribution in [1.82, 2.24) is 39.4 Å². The fraction of sp³-hybridized carbons (Fsp3) is 0.283. The van der Waals surface area contributed by atoms with E-state index in [4.69, 9.17) is 26.2 Å². The van der Waals surface area contributed by atoms with Crippen LogP contribution in [0.15, 0.2) is 126 Å². The van der Waals surface area contributed by atoms with Gasteiger partial charge in [-0.3, -0.25) is 19.6 Å². The molecule has 15 heteroatoms. The van der Waals surface area contributed by atoms with Gasteiger partial charge >= 0.3 is 12.1 Å². The Morgan fingerprint density at radius 3 is 1.88 bits per heavy atom. The number of aryl methyl sites for hydroxylation is 2. The summed E-state index contributed by atoms with van der Waals surface area (Å²) < 4.78 is 13.7. The summed E-state index contributed by atoms with van der Waals surface area (Å²) in [5.74, 6) is -0.242. The quantitative estimate of drug-likeness (QED) is 0.123. The van der Waals surface area contributed by atoms with Crippen LogP contribution in [0.5, 0.6) is 0 Å². The molecule has 0 spiro atoms. The SMILES string of the molecule is C.C.CC(=O)OCc1ccccc1.Cc1nc2cc([C@@H]3Cc4ccccc4CN3)[nH]n2c(=O)c1C.Cc1nc2cc([C@@H]3Cc4ccccc4CN3C(=O)OCc3ccccc3)nn2c(Cl)c1C.Cl. The fourth-order valence-electron chi connectivity index (χ4n) is 7.97. The van der Waals surface area contributed by atoms with Gasteiger partial charge in [-0.2, -0.15) is 5.10 Å². The summed E-state index contributed by atoms with van der Waals surface area (Å²) in [7, 11) is 0. The molecule has 2 atom stereocenters. The lowest BCUT2D eigenvalue weighted by molar-refractivity contribution is -0.142. The first-order valence-corrected chi connectivity index (χ1v) is 21.9. The van der Waals surface area contributed by atoms with E-state index >= 15 is 0 Å². The number of hydrogen-bond acceptors (Lipinski definition) is 9. The number of benzene rings is 4. The third kappa shape index (κ3) is 11.8. The smallest absolute Gasteiger partial charge is 0.410 e. The van der Waals surface area contributed by atoms with Gasteiger partial charge in [0.1, 0.15) is 18.4 Å². The van der Waals surface area contributed by atoms with Gasteiger partial charge in [0.2, 0.25) is 0 Å². The fourth-order valence-corrected chi connectivity index (χ4v) is 8.23. The number of fused-ring (bicyclic) bond motifs is 4. The van der Waals surface area contributed by atoms with Crippen LogP contribution in [-0.2, 0) is 53.4 Å². The summed E-state index contributed by atoms with van der Waals surface area (Å²) >= 11 is 6.54. The summed E-state index contributed by atoms with van der Waals surface area (Å²) in [6.45, 7) is 10.8. The predicted octanol–water partition coefficient (Wildman–Crippen LogP) is 10.9. The van der Waals surface area contributed by atoms with E-state index in [9.17, 15) is 14.4 Å². The molecule has 2 aliphatic rings. The molecule has 2 N–H and O–H groups in total. The minimum Gasteiger partial charge on any atom is -0.461 e. The van der Waals surface area contributed by atoms with Crippen molar-refractivity contribution < 1.29 is 19.1 Å². The number of amides is 1. The molecule has 4 aromatic heterocycles. The highest BCUT2D eigenvalue weighted by molar-refractivity contribution is 6.30. The molecule has 68 heavy (non-hydrogen) atoms. The van der Waals surface area contributed by atoms with Gasteiger partial charge < -0.3 is 14.8 Å². The lowest BCUT2D eigenvalue weighted by Gasteiger charge is -2.35. The molecule has 356 valence electrons. The van der Waals surface area contributed by atoms with E-state index in [-0.39, 0.29) is 63.6 Å². The van der Waals surface area contributed by atoms with Gasteiger partial charge in [0.25, 0.3) is 5.56 Å². The molecule has 13 nitrogen and oxygen atoms in total. The minimum atomic E-state index is -0.364. The number of halogens is 2. The molecule has 0 saturated carbocycles. The number of carbonyl (C=O) groups is 2. The second kappa shape index (κ2) is 23.3. The van der Waals surface area contributed by atoms with Crippen molar-refractivity contribution in [1.29, 1.82) is 0 Å². The highest BCUT2D eigenvalue weighted by Crippen LogP contribution is 2.34. The zero-order valence-corrected chi connectivity index (χ0v) is 39.0. The van der Waals surface area contributed by atoms with E-state index in [1.54, 1.807) is 13.9 Å². The summed E-state index contributed by atoms with van der Waals surface area (Å²) in [4.78, 5) is 46.8. The highest BCUT2D eigenvalue weighted by Gasteiger charge is 2.34. The Kier molecular flexibility index (Phi) is 17.9. The normalized spacial score (nSPS) is 14.5. The number of carbonyl (C=O) groups excluding carboxylic acids is 2. The Morgan fingerprint density at radius 1 is 0.706 bits per heavy atom. The van der Waals surface area contributed by atoms with Crippen molar-refractivity contribution in [3.63, 3.8) is 0 Å². The van der Waals surface area contributed by atoms with Crippen molar-refractivity contribution in [2.75, 3.05) is 0 Å². The van der Waals surface area contributed by atoms with Crippen molar-refractivity contribution >= 4 is 47.4 Å². The van der Waals surface area contributed by atoms with Crippen molar-refractivity contribution in [3.05, 3.63) is 204 Å². The lowest BCUT2D eigenvalue weighted by Crippen LogP contribution is -2.39. The van der Waals surface area contributed by atoms with Gasteiger partial charge in [-0.1, -0.05) is 136 Å². The number of aromatic nitrogens is 6. The largest absolute Gasteiger partial charge is 0.461 e. The van der Waals surface area contributed by atoms with Crippen molar-refractivity contribution in [2.24, 2.45) is 0 Å². The van der Waals surface area contributed by atoms with Crippen LogP contribution in [0.3, 0.4) is 0 Å². The van der Waals surface area contributed by atoms with E-state index in [0.717, 1.165) is 58.0 Å². The van der Waals surface area contributed by atoms with E-state index in [1.165, 1.54) is 23.6 Å². The van der Waals surface area contributed by atoms with Crippen LogP contribution in [0.1, 0.15) is 101 Å². The van der Waals surface area contributed by atoms with Crippen LogP contribution in [0.2, 0.25) is 5.15 Å². The standard InChI is InChI=1S/C25H23ClN4O2.C17H18N4O.C9H10O2.2CH4.ClH/c1-16-17(2)27-23-13-21(28-30(23)24(16)26)22-12-19-10-6-7-11-20(19)14-29(22)25(31)32-15-18-8-4-3-5-9-18;1-10-11(2)19-16-8-15(20-21(16)17(10)22)14-7-12-5-3-4-6-13(12)9-18-14;1-8(10)11-7-9-5-3-2-4-6-9;;;/h3-11,13,22H,12,14-15H2,1-2H3;3-6,8,14,18,20H,7,9H2,1-2H3;2-6H,7H2,1H3;2*1H4;1H/t22-;14-;;;;/m00..../s1. The Labute approximate surface area is 408 Å². The Bertz CT molecular complexity index is 3040. The van der Waals surface area contributed by atoms with Crippen LogP contribution in [0.25, 0.3) is 11.3 Å². The summed E-state index contributed by atoms with van der Waals surface area (Å²) in [5, 5.41) is 12.0. The summed E-state index contributed by atoms with van der Waals surface area (Å²) in [5.41, 5.74) is 13.3. The average Bonchev–Trinajstić information content (AvgIpc) is 3.97. The van der Waals surface area contributed by atoms with Gasteiger partial charge in [0.15, 0.2) is 11.3 Å². The monoisotopic (exact) mass is 958 g/mol. The number of hydrogen-bond donors (Lipinski definition) is 2.